The maximum absolute atomic E-state index is 7.03. The van der Waals surface area contributed by atoms with Crippen LogP contribution < -0.4 is 9.80 Å². The van der Waals surface area contributed by atoms with Gasteiger partial charge in [-0.3, -0.25) is 0 Å². The predicted molar refractivity (Wildman–Crippen MR) is 327 cm³/mol. The Labute approximate surface area is 451 Å². The van der Waals surface area contributed by atoms with Gasteiger partial charge in [-0.1, -0.05) is 218 Å². The van der Waals surface area contributed by atoms with Crippen LogP contribution in [-0.4, -0.2) is 0 Å². The van der Waals surface area contributed by atoms with Crippen LogP contribution in [0.2, 0.25) is 0 Å². The Morgan fingerprint density at radius 3 is 0.744 bits per heavy atom. The second kappa shape index (κ2) is 18.7. The van der Waals surface area contributed by atoms with Gasteiger partial charge < -0.3 is 18.6 Å². The van der Waals surface area contributed by atoms with Crippen molar-refractivity contribution in [2.45, 2.75) is 0 Å². The zero-order valence-electron chi connectivity index (χ0n) is 42.4. The first-order valence-electron chi connectivity index (χ1n) is 26.6. The molecule has 2 heterocycles. The lowest BCUT2D eigenvalue weighted by molar-refractivity contribution is 0.656. The van der Waals surface area contributed by atoms with Crippen LogP contribution in [0, 0.1) is 0 Å². The number of furan rings is 2. The van der Waals surface area contributed by atoms with Gasteiger partial charge in [0.2, 0.25) is 0 Å². The Morgan fingerprint density at radius 1 is 0.192 bits per heavy atom. The topological polar surface area (TPSA) is 32.8 Å². The first-order valence-corrected chi connectivity index (χ1v) is 26.6. The van der Waals surface area contributed by atoms with Crippen LogP contribution in [0.5, 0.6) is 0 Å². The fourth-order valence-electron chi connectivity index (χ4n) is 11.7. The van der Waals surface area contributed by atoms with E-state index >= 15 is 0 Å². The summed E-state index contributed by atoms with van der Waals surface area (Å²) >= 11 is 0. The average Bonchev–Trinajstić information content (AvgIpc) is 4.29. The molecule has 0 saturated heterocycles. The van der Waals surface area contributed by atoms with Crippen molar-refractivity contribution in [3.63, 3.8) is 0 Å². The fourth-order valence-corrected chi connectivity index (χ4v) is 11.7. The van der Waals surface area contributed by atoms with Gasteiger partial charge in [-0.2, -0.15) is 0 Å². The molecular formula is C74H48N2O2. The second-order valence-electron chi connectivity index (χ2n) is 20.0. The molecule has 0 aliphatic carbocycles. The molecule has 0 aliphatic heterocycles. The van der Waals surface area contributed by atoms with E-state index in [2.05, 4.69) is 301 Å². The molecule has 4 nitrogen and oxygen atoms in total. The van der Waals surface area contributed by atoms with E-state index in [-0.39, 0.29) is 0 Å². The summed E-state index contributed by atoms with van der Waals surface area (Å²) in [5, 5.41) is 8.69. The summed E-state index contributed by atoms with van der Waals surface area (Å²) in [6.07, 6.45) is 0. The molecule has 0 bridgehead atoms. The minimum atomic E-state index is 0.771. The molecule has 0 unspecified atom stereocenters. The highest BCUT2D eigenvalue weighted by molar-refractivity contribution is 6.28. The van der Waals surface area contributed by atoms with Gasteiger partial charge in [0.25, 0.3) is 0 Å². The molecule has 4 heteroatoms. The predicted octanol–water partition coefficient (Wildman–Crippen LogP) is 21.4. The molecule has 0 radical (unpaired) electrons. The summed E-state index contributed by atoms with van der Waals surface area (Å²) in [6, 6.07) is 104. The van der Waals surface area contributed by atoms with Crippen LogP contribution in [-0.2, 0) is 0 Å². The molecule has 0 aliphatic rings. The van der Waals surface area contributed by atoms with E-state index in [1.54, 1.807) is 0 Å². The van der Waals surface area contributed by atoms with Gasteiger partial charge in [0.05, 0.1) is 11.4 Å². The summed E-state index contributed by atoms with van der Waals surface area (Å²) in [4.78, 5) is 4.72. The molecule has 0 saturated carbocycles. The maximum Gasteiger partial charge on any atom is 0.139 e. The van der Waals surface area contributed by atoms with E-state index in [0.29, 0.717) is 0 Å². The van der Waals surface area contributed by atoms with Gasteiger partial charge in [-0.25, -0.2) is 0 Å². The molecule has 13 aromatic carbocycles. The lowest BCUT2D eigenvalue weighted by Crippen LogP contribution is -2.10. The summed E-state index contributed by atoms with van der Waals surface area (Å²) < 4.78 is 14.1. The number of benzene rings is 13. The summed E-state index contributed by atoms with van der Waals surface area (Å²) in [7, 11) is 0. The molecule has 0 atom stereocenters. The Hall–Kier alpha value is -10.4. The third-order valence-corrected chi connectivity index (χ3v) is 15.4. The van der Waals surface area contributed by atoms with Gasteiger partial charge in [0.1, 0.15) is 22.3 Å². The maximum atomic E-state index is 7.03. The number of hydrogen-bond acceptors (Lipinski definition) is 4. The van der Waals surface area contributed by atoms with Gasteiger partial charge in [0, 0.05) is 73.3 Å². The van der Waals surface area contributed by atoms with Crippen LogP contribution in [0.4, 0.5) is 34.1 Å². The van der Waals surface area contributed by atoms with Crippen molar-refractivity contribution >= 4 is 99.5 Å². The van der Waals surface area contributed by atoms with Crippen molar-refractivity contribution in [3.05, 3.63) is 291 Å². The molecule has 0 N–H and O–H groups in total. The van der Waals surface area contributed by atoms with Crippen LogP contribution >= 0.6 is 0 Å². The van der Waals surface area contributed by atoms with Crippen LogP contribution in [0.25, 0.3) is 110 Å². The standard InChI is InChI=1S/C74H48N2O2/c1-5-17-49(18-6-1)53-29-37-57(38-30-53)75(58-39-31-54(32-40-58)50-19-7-2-8-20-50)67-46-71-73(63-27-15-13-25-61(63)67)65-45-66-70(48-69(65)77-71)78-72-47-68(62-26-14-16-28-64(62)74(66)72)76(59-41-33-55(34-42-59)51-21-9-3-10-22-51)60-43-35-56(36-44-60)52-23-11-4-12-24-52/h1-48H. The lowest BCUT2D eigenvalue weighted by atomic mass is 9.98. The molecule has 366 valence electrons. The van der Waals surface area contributed by atoms with Crippen molar-refractivity contribution in [1.29, 1.82) is 0 Å². The average molecular weight is 997 g/mol. The molecule has 15 rings (SSSR count). The first-order chi connectivity index (χ1) is 38.7. The Kier molecular flexibility index (Phi) is 10.8. The number of anilines is 6. The highest BCUT2D eigenvalue weighted by Gasteiger charge is 2.25. The number of nitrogens with zero attached hydrogens (tertiary/aromatic N) is 2. The summed E-state index contributed by atoms with van der Waals surface area (Å²) in [6.45, 7) is 0. The van der Waals surface area contributed by atoms with E-state index in [9.17, 15) is 0 Å². The third kappa shape index (κ3) is 7.77. The van der Waals surface area contributed by atoms with Crippen molar-refractivity contribution in [2.75, 3.05) is 9.80 Å². The van der Waals surface area contributed by atoms with Gasteiger partial charge in [-0.05, 0) is 110 Å². The van der Waals surface area contributed by atoms with E-state index in [0.717, 1.165) is 122 Å². The van der Waals surface area contributed by atoms with E-state index < -0.39 is 0 Å². The van der Waals surface area contributed by atoms with Crippen LogP contribution in [0.3, 0.4) is 0 Å². The lowest BCUT2D eigenvalue weighted by Gasteiger charge is -2.27. The number of hydrogen-bond donors (Lipinski definition) is 0. The molecule has 0 amide bonds. The molecule has 78 heavy (non-hydrogen) atoms. The Morgan fingerprint density at radius 2 is 0.449 bits per heavy atom. The summed E-state index contributed by atoms with van der Waals surface area (Å²) in [5.41, 5.74) is 18.8. The Bertz CT molecular complexity index is 4200. The van der Waals surface area contributed by atoms with Crippen molar-refractivity contribution in [1.82, 2.24) is 0 Å². The number of rotatable bonds is 10. The first kappa shape index (κ1) is 45.0. The molecule has 0 fully saturated rings. The fraction of sp³-hybridized carbons (Fsp3) is 0. The SMILES string of the molecule is c1ccc(-c2ccc(N(c3ccc(-c4ccccc4)cc3)c3cc4oc5cc6oc7cc(N(c8ccc(-c9ccccc9)cc8)c8ccc(-c9ccccc9)cc8)c8ccccc8c7c6cc5c4c4ccccc34)cc2)cc1. The molecule has 2 aromatic heterocycles. The zero-order chi connectivity index (χ0) is 51.5. The summed E-state index contributed by atoms with van der Waals surface area (Å²) in [5.74, 6) is 0. The van der Waals surface area contributed by atoms with Gasteiger partial charge in [-0.15, -0.1) is 0 Å². The second-order valence-corrected chi connectivity index (χ2v) is 20.0. The molecule has 15 aromatic rings. The highest BCUT2D eigenvalue weighted by atomic mass is 16.3. The minimum Gasteiger partial charge on any atom is -0.456 e. The van der Waals surface area contributed by atoms with Crippen LogP contribution in [0.1, 0.15) is 0 Å². The highest BCUT2D eigenvalue weighted by Crippen LogP contribution is 2.49. The van der Waals surface area contributed by atoms with Gasteiger partial charge >= 0.3 is 0 Å². The largest absolute Gasteiger partial charge is 0.456 e. The zero-order valence-corrected chi connectivity index (χ0v) is 42.4. The van der Waals surface area contributed by atoms with Crippen molar-refractivity contribution in [3.8, 4) is 44.5 Å². The quantitative estimate of drug-likeness (QED) is 0.137. The minimum absolute atomic E-state index is 0.771. The van der Waals surface area contributed by atoms with Crippen molar-refractivity contribution < 1.29 is 8.83 Å². The molecular weight excluding hydrogens is 949 g/mol. The monoisotopic (exact) mass is 996 g/mol. The van der Waals surface area contributed by atoms with Crippen LogP contribution in [0.15, 0.2) is 300 Å². The van der Waals surface area contributed by atoms with Gasteiger partial charge in [0.15, 0.2) is 0 Å². The van der Waals surface area contributed by atoms with E-state index in [1.807, 2.05) is 0 Å². The van der Waals surface area contributed by atoms with E-state index in [1.165, 1.54) is 22.3 Å². The smallest absolute Gasteiger partial charge is 0.139 e. The Balaban J connectivity index is 0.893. The van der Waals surface area contributed by atoms with Crippen molar-refractivity contribution in [2.24, 2.45) is 0 Å². The van der Waals surface area contributed by atoms with E-state index in [4.69, 9.17) is 8.83 Å². The third-order valence-electron chi connectivity index (χ3n) is 15.4. The molecule has 0 spiro atoms. The normalized spacial score (nSPS) is 11.6. The number of fused-ring (bicyclic) bond motifs is 10.